The van der Waals surface area contributed by atoms with Crippen LogP contribution in [0.3, 0.4) is 0 Å². The number of ether oxygens (including phenoxy) is 1. The minimum absolute atomic E-state index is 0.0142. The molecule has 1 N–H and O–H groups in total. The van der Waals surface area contributed by atoms with Crippen molar-refractivity contribution < 1.29 is 18.7 Å². The first-order valence-electron chi connectivity index (χ1n) is 8.28. The molecule has 2 amide bonds. The highest BCUT2D eigenvalue weighted by Gasteiger charge is 2.29. The molecular weight excluding hydrogens is 311 g/mol. The number of hydrogen-bond acceptors (Lipinski definition) is 3. The predicted molar refractivity (Wildman–Crippen MR) is 88.9 cm³/mol. The highest BCUT2D eigenvalue weighted by Crippen LogP contribution is 2.32. The van der Waals surface area contributed by atoms with Gasteiger partial charge in [-0.05, 0) is 51.3 Å². The average molecular weight is 336 g/mol. The van der Waals surface area contributed by atoms with E-state index in [1.165, 1.54) is 12.1 Å². The van der Waals surface area contributed by atoms with E-state index in [0.717, 1.165) is 18.4 Å². The molecule has 1 saturated heterocycles. The van der Waals surface area contributed by atoms with Crippen molar-refractivity contribution in [2.75, 3.05) is 13.1 Å². The van der Waals surface area contributed by atoms with Crippen LogP contribution in [0.4, 0.5) is 9.18 Å². The van der Waals surface area contributed by atoms with Gasteiger partial charge in [-0.1, -0.05) is 12.1 Å². The van der Waals surface area contributed by atoms with Crippen molar-refractivity contribution in [2.24, 2.45) is 0 Å². The van der Waals surface area contributed by atoms with Gasteiger partial charge in [0, 0.05) is 19.5 Å². The summed E-state index contributed by atoms with van der Waals surface area (Å²) < 4.78 is 18.2. The third-order valence-corrected chi connectivity index (χ3v) is 3.84. The molecule has 6 heteroatoms. The molecule has 0 spiro atoms. The van der Waals surface area contributed by atoms with Crippen LogP contribution in [0, 0.1) is 5.82 Å². The van der Waals surface area contributed by atoms with Crippen molar-refractivity contribution >= 4 is 12.0 Å². The summed E-state index contributed by atoms with van der Waals surface area (Å²) in [4.78, 5) is 25.8. The van der Waals surface area contributed by atoms with Gasteiger partial charge in [-0.15, -0.1) is 0 Å². The lowest BCUT2D eigenvalue weighted by Crippen LogP contribution is -2.36. The molecule has 132 valence electrons. The summed E-state index contributed by atoms with van der Waals surface area (Å²) in [7, 11) is 0. The van der Waals surface area contributed by atoms with Crippen LogP contribution in [0.2, 0.25) is 0 Å². The summed E-state index contributed by atoms with van der Waals surface area (Å²) in [5.74, 6) is -0.297. The van der Waals surface area contributed by atoms with E-state index in [2.05, 4.69) is 5.32 Å². The van der Waals surface area contributed by atoms with Gasteiger partial charge in [-0.2, -0.15) is 0 Å². The van der Waals surface area contributed by atoms with Crippen molar-refractivity contribution in [1.29, 1.82) is 0 Å². The number of nitrogens with one attached hydrogen (secondary N) is 1. The van der Waals surface area contributed by atoms with E-state index in [0.29, 0.717) is 6.54 Å². The van der Waals surface area contributed by atoms with Crippen LogP contribution >= 0.6 is 0 Å². The third-order valence-electron chi connectivity index (χ3n) is 3.84. The molecule has 1 heterocycles. The zero-order chi connectivity index (χ0) is 17.7. The molecule has 1 atom stereocenters. The Morgan fingerprint density at radius 3 is 2.58 bits per heavy atom. The monoisotopic (exact) mass is 336 g/mol. The van der Waals surface area contributed by atoms with Crippen molar-refractivity contribution in [2.45, 2.75) is 51.7 Å². The van der Waals surface area contributed by atoms with Gasteiger partial charge in [-0.25, -0.2) is 9.18 Å². The molecule has 24 heavy (non-hydrogen) atoms. The van der Waals surface area contributed by atoms with Gasteiger partial charge in [0.15, 0.2) is 0 Å². The highest BCUT2D eigenvalue weighted by atomic mass is 19.1. The highest BCUT2D eigenvalue weighted by molar-refractivity contribution is 5.78. The molecule has 2 rings (SSSR count). The fourth-order valence-electron chi connectivity index (χ4n) is 2.83. The second-order valence-electron chi connectivity index (χ2n) is 6.98. The van der Waals surface area contributed by atoms with E-state index in [9.17, 15) is 14.0 Å². The summed E-state index contributed by atoms with van der Waals surface area (Å²) in [5, 5.41) is 2.60. The van der Waals surface area contributed by atoms with Crippen molar-refractivity contribution in [3.05, 3.63) is 35.6 Å². The van der Waals surface area contributed by atoms with E-state index in [1.54, 1.807) is 32.9 Å². The van der Waals surface area contributed by atoms with E-state index in [4.69, 9.17) is 4.74 Å². The smallest absolute Gasteiger partial charge is 0.407 e. The van der Waals surface area contributed by atoms with Crippen molar-refractivity contribution in [3.8, 4) is 0 Å². The maximum Gasteiger partial charge on any atom is 0.407 e. The van der Waals surface area contributed by atoms with Crippen LogP contribution in [-0.4, -0.2) is 35.6 Å². The standard InChI is InChI=1S/C18H25FN2O3/c1-18(2,3)24-17(23)20-11-10-16(22)21-12-4-5-15(21)13-6-8-14(19)9-7-13/h6-9,15H,4-5,10-12H2,1-3H3,(H,20,23). The first-order chi connectivity index (χ1) is 11.3. The molecule has 0 radical (unpaired) electrons. The summed E-state index contributed by atoms with van der Waals surface area (Å²) in [6.07, 6.45) is 1.49. The number of halogens is 1. The molecule has 0 aliphatic carbocycles. The van der Waals surface area contributed by atoms with Crippen LogP contribution < -0.4 is 5.32 Å². The zero-order valence-corrected chi connectivity index (χ0v) is 14.5. The largest absolute Gasteiger partial charge is 0.444 e. The molecule has 1 aromatic carbocycles. The molecule has 0 bridgehead atoms. The Bertz CT molecular complexity index is 581. The molecule has 0 aromatic heterocycles. The van der Waals surface area contributed by atoms with Gasteiger partial charge in [0.2, 0.25) is 5.91 Å². The topological polar surface area (TPSA) is 58.6 Å². The first-order valence-corrected chi connectivity index (χ1v) is 8.28. The summed E-state index contributed by atoms with van der Waals surface area (Å²) in [6.45, 7) is 6.29. The number of amides is 2. The Labute approximate surface area is 142 Å². The molecule has 1 aliphatic heterocycles. The number of hydrogen-bond donors (Lipinski definition) is 1. The van der Waals surface area contributed by atoms with Crippen LogP contribution in [-0.2, 0) is 9.53 Å². The Balaban J connectivity index is 1.85. The number of benzene rings is 1. The van der Waals surface area contributed by atoms with Gasteiger partial charge in [0.05, 0.1) is 6.04 Å². The Hall–Kier alpha value is -2.11. The Kier molecular flexibility index (Phi) is 5.80. The summed E-state index contributed by atoms with van der Waals surface area (Å²) in [5.41, 5.74) is 0.388. The van der Waals surface area contributed by atoms with E-state index < -0.39 is 11.7 Å². The fraction of sp³-hybridized carbons (Fsp3) is 0.556. The quantitative estimate of drug-likeness (QED) is 0.917. The number of rotatable bonds is 4. The lowest BCUT2D eigenvalue weighted by molar-refractivity contribution is -0.132. The summed E-state index contributed by atoms with van der Waals surface area (Å²) >= 11 is 0. The molecule has 1 aliphatic rings. The number of nitrogens with zero attached hydrogens (tertiary/aromatic N) is 1. The van der Waals surface area contributed by atoms with Crippen LogP contribution in [0.15, 0.2) is 24.3 Å². The van der Waals surface area contributed by atoms with Crippen molar-refractivity contribution in [1.82, 2.24) is 10.2 Å². The number of likely N-dealkylation sites (tertiary alicyclic amines) is 1. The minimum Gasteiger partial charge on any atom is -0.444 e. The maximum atomic E-state index is 13.1. The van der Waals surface area contributed by atoms with E-state index >= 15 is 0 Å². The lowest BCUT2D eigenvalue weighted by Gasteiger charge is -2.25. The Morgan fingerprint density at radius 2 is 1.96 bits per heavy atom. The molecule has 1 unspecified atom stereocenters. The number of carbonyl (C=O) groups is 2. The maximum absolute atomic E-state index is 13.1. The average Bonchev–Trinajstić information content (AvgIpc) is 2.95. The molecule has 1 aromatic rings. The lowest BCUT2D eigenvalue weighted by atomic mass is 10.0. The first kappa shape index (κ1) is 18.2. The van der Waals surface area contributed by atoms with E-state index in [-0.39, 0.29) is 30.7 Å². The molecular formula is C18H25FN2O3. The second-order valence-corrected chi connectivity index (χ2v) is 6.98. The van der Waals surface area contributed by atoms with Gasteiger partial charge in [0.1, 0.15) is 11.4 Å². The zero-order valence-electron chi connectivity index (χ0n) is 14.5. The normalized spacial score (nSPS) is 17.7. The van der Waals surface area contributed by atoms with Gasteiger partial charge in [-0.3, -0.25) is 4.79 Å². The van der Waals surface area contributed by atoms with Gasteiger partial charge >= 0.3 is 6.09 Å². The summed E-state index contributed by atoms with van der Waals surface area (Å²) in [6, 6.07) is 6.27. The van der Waals surface area contributed by atoms with Crippen LogP contribution in [0.1, 0.15) is 51.6 Å². The Morgan fingerprint density at radius 1 is 1.29 bits per heavy atom. The fourth-order valence-corrected chi connectivity index (χ4v) is 2.83. The SMILES string of the molecule is CC(C)(C)OC(=O)NCCC(=O)N1CCCC1c1ccc(F)cc1. The van der Waals surface area contributed by atoms with E-state index in [1.807, 2.05) is 4.90 Å². The number of carbonyl (C=O) groups excluding carboxylic acids is 2. The molecule has 1 fully saturated rings. The third kappa shape index (κ3) is 5.22. The predicted octanol–water partition coefficient (Wildman–Crippen LogP) is 3.40. The van der Waals surface area contributed by atoms with Gasteiger partial charge in [0.25, 0.3) is 0 Å². The second kappa shape index (κ2) is 7.64. The molecule has 0 saturated carbocycles. The number of alkyl carbamates (subject to hydrolysis) is 1. The van der Waals surface area contributed by atoms with Crippen molar-refractivity contribution in [3.63, 3.8) is 0 Å². The van der Waals surface area contributed by atoms with Crippen LogP contribution in [0.25, 0.3) is 0 Å². The van der Waals surface area contributed by atoms with Gasteiger partial charge < -0.3 is 15.0 Å². The van der Waals surface area contributed by atoms with Crippen LogP contribution in [0.5, 0.6) is 0 Å². The minimum atomic E-state index is -0.559. The molecule has 5 nitrogen and oxygen atoms in total.